The smallest absolute Gasteiger partial charge is 0.331 e. The molecule has 120 valence electrons. The minimum Gasteiger partial charge on any atom is -0.466 e. The lowest BCUT2D eigenvalue weighted by molar-refractivity contribution is -0.139. The van der Waals surface area contributed by atoms with Crippen LogP contribution in [0.5, 0.6) is 0 Å². The Hall–Kier alpha value is -2.96. The first-order valence-electron chi connectivity index (χ1n) is 7.01. The first-order valence-corrected chi connectivity index (χ1v) is 7.01. The largest absolute Gasteiger partial charge is 0.466 e. The van der Waals surface area contributed by atoms with E-state index in [4.69, 9.17) is 4.74 Å². The number of aryl methyl sites for hydroxylation is 1. The molecule has 7 heteroatoms. The zero-order chi connectivity index (χ0) is 16.7. The summed E-state index contributed by atoms with van der Waals surface area (Å²) >= 11 is 0. The summed E-state index contributed by atoms with van der Waals surface area (Å²) in [5.74, 6) is -0.717. The second kappa shape index (κ2) is 7.88. The monoisotopic (exact) mass is 316 g/mol. The van der Waals surface area contributed by atoms with Crippen molar-refractivity contribution in [3.63, 3.8) is 0 Å². The number of hydrogen-bond donors (Lipinski definition) is 1. The Kier molecular flexibility index (Phi) is 5.62. The molecule has 0 aliphatic rings. The van der Waals surface area contributed by atoms with E-state index in [1.165, 1.54) is 7.11 Å². The third-order valence-corrected chi connectivity index (χ3v) is 3.02. The molecule has 2 aromatic rings. The second-order valence-corrected chi connectivity index (χ2v) is 4.66. The van der Waals surface area contributed by atoms with E-state index in [0.717, 1.165) is 12.2 Å². The van der Waals surface area contributed by atoms with Gasteiger partial charge in [0.2, 0.25) is 0 Å². The van der Waals surface area contributed by atoms with Crippen LogP contribution in [-0.2, 0) is 25.5 Å². The van der Waals surface area contributed by atoms with Gasteiger partial charge < -0.3 is 14.5 Å². The third-order valence-electron chi connectivity index (χ3n) is 3.02. The molecular formula is C16H16N2O5. The number of ether oxygens (including phenoxy) is 2. The van der Waals surface area contributed by atoms with Crippen LogP contribution in [-0.4, -0.2) is 35.6 Å². The predicted octanol–water partition coefficient (Wildman–Crippen LogP) is 1.13. The highest BCUT2D eigenvalue weighted by Crippen LogP contribution is 2.06. The molecule has 0 bridgehead atoms. The van der Waals surface area contributed by atoms with Crippen LogP contribution in [0, 0.1) is 0 Å². The highest BCUT2D eigenvalue weighted by molar-refractivity contribution is 5.91. The number of para-hydroxylation sites is 1. The van der Waals surface area contributed by atoms with E-state index in [1.54, 1.807) is 18.2 Å². The molecule has 0 aliphatic heterocycles. The Bertz CT molecular complexity index is 794. The van der Waals surface area contributed by atoms with Crippen LogP contribution in [0.25, 0.3) is 10.9 Å². The fraction of sp³-hybridized carbons (Fsp3) is 0.250. The van der Waals surface area contributed by atoms with Crippen molar-refractivity contribution in [2.45, 2.75) is 12.8 Å². The van der Waals surface area contributed by atoms with Gasteiger partial charge in [-0.3, -0.25) is 4.79 Å². The van der Waals surface area contributed by atoms with Crippen molar-refractivity contribution in [1.29, 1.82) is 0 Å². The number of nitrogens with zero attached hydrogens (tertiary/aromatic N) is 1. The third kappa shape index (κ3) is 4.77. The lowest BCUT2D eigenvalue weighted by Crippen LogP contribution is -2.12. The summed E-state index contributed by atoms with van der Waals surface area (Å²) in [5.41, 5.74) is 0.438. The van der Waals surface area contributed by atoms with Crippen molar-refractivity contribution in [2.75, 3.05) is 13.7 Å². The molecule has 0 amide bonds. The molecule has 0 unspecified atom stereocenters. The maximum Gasteiger partial charge on any atom is 0.331 e. The van der Waals surface area contributed by atoms with E-state index < -0.39 is 11.9 Å². The van der Waals surface area contributed by atoms with E-state index >= 15 is 0 Å². The van der Waals surface area contributed by atoms with Crippen molar-refractivity contribution >= 4 is 22.8 Å². The van der Waals surface area contributed by atoms with Crippen molar-refractivity contribution < 1.29 is 19.1 Å². The number of aromatic amines is 1. The normalized spacial score (nSPS) is 10.8. The van der Waals surface area contributed by atoms with Crippen molar-refractivity contribution in [3.05, 3.63) is 52.6 Å². The summed E-state index contributed by atoms with van der Waals surface area (Å²) in [7, 11) is 1.22. The fourth-order valence-corrected chi connectivity index (χ4v) is 1.92. The maximum atomic E-state index is 11.9. The van der Waals surface area contributed by atoms with Gasteiger partial charge >= 0.3 is 11.9 Å². The zero-order valence-corrected chi connectivity index (χ0v) is 12.6. The molecular weight excluding hydrogens is 300 g/mol. The molecule has 23 heavy (non-hydrogen) atoms. The average Bonchev–Trinajstić information content (AvgIpc) is 2.56. The molecule has 1 N–H and O–H groups in total. The highest BCUT2D eigenvalue weighted by Gasteiger charge is 2.04. The molecule has 0 radical (unpaired) electrons. The second-order valence-electron chi connectivity index (χ2n) is 4.66. The standard InChI is InChI=1S/C16H16N2O5/c1-22-14(19)8-9-15(20)23-10-4-7-13-17-12-6-3-2-5-11(12)16(21)18-13/h2-3,5-6,8-9H,4,7,10H2,1H3,(H,17,18,21)/b9-8+. The number of carbonyl (C=O) groups is 2. The number of methoxy groups -OCH3 is 1. The molecule has 0 saturated heterocycles. The first kappa shape index (κ1) is 16.4. The number of benzene rings is 1. The summed E-state index contributed by atoms with van der Waals surface area (Å²) in [6.07, 6.45) is 2.96. The van der Waals surface area contributed by atoms with Crippen LogP contribution in [0.4, 0.5) is 0 Å². The van der Waals surface area contributed by atoms with Crippen LogP contribution >= 0.6 is 0 Å². The van der Waals surface area contributed by atoms with E-state index in [2.05, 4.69) is 14.7 Å². The van der Waals surface area contributed by atoms with Gasteiger partial charge in [-0.2, -0.15) is 0 Å². The number of nitrogens with one attached hydrogen (secondary N) is 1. The molecule has 1 aromatic carbocycles. The molecule has 0 saturated carbocycles. The van der Waals surface area contributed by atoms with Crippen LogP contribution in [0.1, 0.15) is 12.2 Å². The van der Waals surface area contributed by atoms with Crippen LogP contribution in [0.3, 0.4) is 0 Å². The Morgan fingerprint density at radius 1 is 1.22 bits per heavy atom. The zero-order valence-electron chi connectivity index (χ0n) is 12.6. The van der Waals surface area contributed by atoms with Gasteiger partial charge in [0, 0.05) is 18.6 Å². The van der Waals surface area contributed by atoms with Gasteiger partial charge in [-0.25, -0.2) is 14.6 Å². The Balaban J connectivity index is 1.85. The number of rotatable bonds is 6. The quantitative estimate of drug-likeness (QED) is 0.487. The topological polar surface area (TPSA) is 98.3 Å². The summed E-state index contributed by atoms with van der Waals surface area (Å²) in [6, 6.07) is 7.07. The predicted molar refractivity (Wildman–Crippen MR) is 82.8 cm³/mol. The Morgan fingerprint density at radius 2 is 1.96 bits per heavy atom. The molecule has 0 spiro atoms. The van der Waals surface area contributed by atoms with Crippen LogP contribution in [0.15, 0.2) is 41.2 Å². The van der Waals surface area contributed by atoms with Gasteiger partial charge in [0.25, 0.3) is 5.56 Å². The summed E-state index contributed by atoms with van der Waals surface area (Å²) in [6.45, 7) is 0.154. The van der Waals surface area contributed by atoms with E-state index in [1.807, 2.05) is 6.07 Å². The SMILES string of the molecule is COC(=O)/C=C/C(=O)OCCCc1nc2ccccc2c(=O)[nH]1. The fourth-order valence-electron chi connectivity index (χ4n) is 1.92. The van der Waals surface area contributed by atoms with Gasteiger partial charge in [0.15, 0.2) is 0 Å². The van der Waals surface area contributed by atoms with E-state index in [-0.39, 0.29) is 12.2 Å². The van der Waals surface area contributed by atoms with Gasteiger partial charge in [0.05, 0.1) is 24.6 Å². The molecule has 1 aromatic heterocycles. The number of aromatic nitrogens is 2. The van der Waals surface area contributed by atoms with E-state index in [9.17, 15) is 14.4 Å². The summed E-state index contributed by atoms with van der Waals surface area (Å²) < 4.78 is 9.28. The average molecular weight is 316 g/mol. The molecule has 0 fully saturated rings. The molecule has 0 aliphatic carbocycles. The first-order chi connectivity index (χ1) is 11.1. The number of carbonyl (C=O) groups excluding carboxylic acids is 2. The van der Waals surface area contributed by atoms with E-state index in [0.29, 0.717) is 29.6 Å². The number of H-pyrrole nitrogens is 1. The lowest BCUT2D eigenvalue weighted by atomic mass is 10.2. The van der Waals surface area contributed by atoms with Gasteiger partial charge in [-0.15, -0.1) is 0 Å². The summed E-state index contributed by atoms with van der Waals surface area (Å²) in [5, 5.41) is 0.538. The highest BCUT2D eigenvalue weighted by atomic mass is 16.5. The molecule has 0 atom stereocenters. The van der Waals surface area contributed by atoms with Gasteiger partial charge in [-0.1, -0.05) is 12.1 Å². The Morgan fingerprint density at radius 3 is 2.74 bits per heavy atom. The molecule has 1 heterocycles. The molecule has 7 nitrogen and oxygen atoms in total. The summed E-state index contributed by atoms with van der Waals surface area (Å²) in [4.78, 5) is 41.1. The lowest BCUT2D eigenvalue weighted by Gasteiger charge is -2.03. The van der Waals surface area contributed by atoms with Gasteiger partial charge in [0.1, 0.15) is 5.82 Å². The minimum absolute atomic E-state index is 0.154. The minimum atomic E-state index is -0.629. The number of fused-ring (bicyclic) bond motifs is 1. The molecule has 2 rings (SSSR count). The van der Waals surface area contributed by atoms with Crippen molar-refractivity contribution in [1.82, 2.24) is 9.97 Å². The van der Waals surface area contributed by atoms with Crippen LogP contribution < -0.4 is 5.56 Å². The van der Waals surface area contributed by atoms with Crippen molar-refractivity contribution in [3.8, 4) is 0 Å². The van der Waals surface area contributed by atoms with Crippen molar-refractivity contribution in [2.24, 2.45) is 0 Å². The Labute approximate surface area is 131 Å². The number of esters is 2. The number of hydrogen-bond acceptors (Lipinski definition) is 6. The maximum absolute atomic E-state index is 11.9. The van der Waals surface area contributed by atoms with Crippen LogP contribution in [0.2, 0.25) is 0 Å². The van der Waals surface area contributed by atoms with Gasteiger partial charge in [-0.05, 0) is 18.6 Å².